The van der Waals surface area contributed by atoms with Gasteiger partial charge in [-0.25, -0.2) is 0 Å². The summed E-state index contributed by atoms with van der Waals surface area (Å²) < 4.78 is 0. The summed E-state index contributed by atoms with van der Waals surface area (Å²) in [6.07, 6.45) is 3.11. The molecule has 122 valence electrons. The fourth-order valence-electron chi connectivity index (χ4n) is 3.38. The minimum Gasteiger partial charge on any atom is -0.333 e. The Morgan fingerprint density at radius 2 is 2.00 bits per heavy atom. The molecule has 23 heavy (non-hydrogen) atoms. The van der Waals surface area contributed by atoms with Crippen LogP contribution in [0, 0.1) is 0 Å². The molecular formula is C19H25N3O. The number of amides is 1. The molecule has 1 heterocycles. The summed E-state index contributed by atoms with van der Waals surface area (Å²) in [5, 5.41) is 5.57. The van der Waals surface area contributed by atoms with Crippen molar-refractivity contribution in [1.82, 2.24) is 10.2 Å². The number of benzene rings is 2. The summed E-state index contributed by atoms with van der Waals surface area (Å²) in [6.45, 7) is 3.23. The van der Waals surface area contributed by atoms with Crippen LogP contribution in [0.1, 0.15) is 29.6 Å². The standard InChI is InChI=1S/C19H25N3O/c20-11-4-3-8-16-14-21-12-13-22(16)19(23)18-10-5-7-15-6-1-2-9-17(15)18/h1-2,5-7,9-10,16,21H,3-4,8,11-14,20H2/t16-/m0/s1. The van der Waals surface area contributed by atoms with Gasteiger partial charge in [0.25, 0.3) is 5.91 Å². The molecule has 3 rings (SSSR count). The van der Waals surface area contributed by atoms with E-state index in [9.17, 15) is 4.79 Å². The molecule has 0 aliphatic carbocycles. The van der Waals surface area contributed by atoms with Gasteiger partial charge in [0.2, 0.25) is 0 Å². The number of rotatable bonds is 5. The highest BCUT2D eigenvalue weighted by atomic mass is 16.2. The number of fused-ring (bicyclic) bond motifs is 1. The van der Waals surface area contributed by atoms with Crippen LogP contribution >= 0.6 is 0 Å². The Balaban J connectivity index is 1.84. The molecule has 1 saturated heterocycles. The van der Waals surface area contributed by atoms with Crippen LogP contribution in [0.3, 0.4) is 0 Å². The van der Waals surface area contributed by atoms with Crippen LogP contribution in [0.5, 0.6) is 0 Å². The second-order valence-corrected chi connectivity index (χ2v) is 6.17. The van der Waals surface area contributed by atoms with Crippen molar-refractivity contribution in [3.8, 4) is 0 Å². The van der Waals surface area contributed by atoms with Gasteiger partial charge in [-0.05, 0) is 36.2 Å². The van der Waals surface area contributed by atoms with Gasteiger partial charge in [-0.1, -0.05) is 42.8 Å². The van der Waals surface area contributed by atoms with Crippen molar-refractivity contribution >= 4 is 16.7 Å². The van der Waals surface area contributed by atoms with Crippen molar-refractivity contribution < 1.29 is 4.79 Å². The number of nitrogens with one attached hydrogen (secondary N) is 1. The SMILES string of the molecule is NCCCC[C@H]1CNCCN1C(=O)c1cccc2ccccc12. The number of hydrogen-bond donors (Lipinski definition) is 2. The van der Waals surface area contributed by atoms with Gasteiger partial charge in [-0.3, -0.25) is 4.79 Å². The van der Waals surface area contributed by atoms with Crippen LogP contribution in [0.4, 0.5) is 0 Å². The zero-order valence-corrected chi connectivity index (χ0v) is 13.5. The summed E-state index contributed by atoms with van der Waals surface area (Å²) in [5.41, 5.74) is 6.41. The van der Waals surface area contributed by atoms with E-state index in [4.69, 9.17) is 5.73 Å². The van der Waals surface area contributed by atoms with Crippen LogP contribution in [-0.2, 0) is 0 Å². The van der Waals surface area contributed by atoms with Crippen LogP contribution < -0.4 is 11.1 Å². The topological polar surface area (TPSA) is 58.4 Å². The molecule has 2 aromatic carbocycles. The van der Waals surface area contributed by atoms with Gasteiger partial charge in [-0.15, -0.1) is 0 Å². The monoisotopic (exact) mass is 311 g/mol. The van der Waals surface area contributed by atoms with Crippen molar-refractivity contribution in [2.45, 2.75) is 25.3 Å². The molecule has 0 spiro atoms. The van der Waals surface area contributed by atoms with Gasteiger partial charge in [-0.2, -0.15) is 0 Å². The van der Waals surface area contributed by atoms with Crippen LogP contribution in [0.25, 0.3) is 10.8 Å². The van der Waals surface area contributed by atoms with E-state index in [1.807, 2.05) is 30.3 Å². The van der Waals surface area contributed by atoms with Crippen molar-refractivity contribution in [1.29, 1.82) is 0 Å². The fraction of sp³-hybridized carbons (Fsp3) is 0.421. The fourth-order valence-corrected chi connectivity index (χ4v) is 3.38. The van der Waals surface area contributed by atoms with E-state index >= 15 is 0 Å². The maximum atomic E-state index is 13.1. The third kappa shape index (κ3) is 3.54. The van der Waals surface area contributed by atoms with E-state index in [0.717, 1.165) is 61.8 Å². The van der Waals surface area contributed by atoms with Gasteiger partial charge < -0.3 is 16.0 Å². The van der Waals surface area contributed by atoms with Crippen molar-refractivity contribution in [2.24, 2.45) is 5.73 Å². The van der Waals surface area contributed by atoms with E-state index in [0.29, 0.717) is 0 Å². The molecule has 1 fully saturated rings. The van der Waals surface area contributed by atoms with Crippen molar-refractivity contribution in [3.63, 3.8) is 0 Å². The molecule has 1 aliphatic rings. The van der Waals surface area contributed by atoms with Gasteiger partial charge >= 0.3 is 0 Å². The Hall–Kier alpha value is -1.91. The van der Waals surface area contributed by atoms with Crippen LogP contribution in [-0.4, -0.2) is 43.0 Å². The smallest absolute Gasteiger partial charge is 0.254 e. The van der Waals surface area contributed by atoms with E-state index < -0.39 is 0 Å². The lowest BCUT2D eigenvalue weighted by molar-refractivity contribution is 0.0624. The van der Waals surface area contributed by atoms with E-state index in [1.54, 1.807) is 0 Å². The molecule has 0 saturated carbocycles. The molecule has 1 amide bonds. The quantitative estimate of drug-likeness (QED) is 0.834. The molecular weight excluding hydrogens is 286 g/mol. The highest BCUT2D eigenvalue weighted by molar-refractivity contribution is 6.07. The molecule has 1 atom stereocenters. The molecule has 0 unspecified atom stereocenters. The average Bonchev–Trinajstić information content (AvgIpc) is 2.61. The Morgan fingerprint density at radius 1 is 1.17 bits per heavy atom. The first kappa shape index (κ1) is 16.0. The largest absolute Gasteiger partial charge is 0.333 e. The predicted molar refractivity (Wildman–Crippen MR) is 94.5 cm³/mol. The van der Waals surface area contributed by atoms with Gasteiger partial charge in [0.15, 0.2) is 0 Å². The lowest BCUT2D eigenvalue weighted by Gasteiger charge is -2.36. The highest BCUT2D eigenvalue weighted by Gasteiger charge is 2.27. The average molecular weight is 311 g/mol. The molecule has 1 aliphatic heterocycles. The number of unbranched alkanes of at least 4 members (excludes halogenated alkanes) is 1. The van der Waals surface area contributed by atoms with Crippen LogP contribution in [0.2, 0.25) is 0 Å². The summed E-state index contributed by atoms with van der Waals surface area (Å²) in [6, 6.07) is 14.3. The van der Waals surface area contributed by atoms with Gasteiger partial charge in [0.05, 0.1) is 0 Å². The van der Waals surface area contributed by atoms with E-state index in [1.165, 1.54) is 0 Å². The molecule has 4 nitrogen and oxygen atoms in total. The summed E-state index contributed by atoms with van der Waals surface area (Å²) in [4.78, 5) is 15.2. The molecule has 4 heteroatoms. The number of piperazine rings is 1. The lowest BCUT2D eigenvalue weighted by atomic mass is 10.0. The lowest BCUT2D eigenvalue weighted by Crippen LogP contribution is -2.53. The zero-order valence-electron chi connectivity index (χ0n) is 13.5. The molecule has 3 N–H and O–H groups in total. The minimum atomic E-state index is 0.154. The Bertz CT molecular complexity index is 665. The highest BCUT2D eigenvalue weighted by Crippen LogP contribution is 2.22. The molecule has 0 radical (unpaired) electrons. The summed E-state index contributed by atoms with van der Waals surface area (Å²) >= 11 is 0. The van der Waals surface area contributed by atoms with E-state index in [2.05, 4.69) is 22.3 Å². The zero-order chi connectivity index (χ0) is 16.1. The number of hydrogen-bond acceptors (Lipinski definition) is 3. The second-order valence-electron chi connectivity index (χ2n) is 6.17. The number of nitrogens with two attached hydrogens (primary N) is 1. The third-order valence-electron chi connectivity index (χ3n) is 4.62. The first-order chi connectivity index (χ1) is 11.3. The maximum absolute atomic E-state index is 13.1. The normalized spacial score (nSPS) is 18.3. The first-order valence-electron chi connectivity index (χ1n) is 8.51. The van der Waals surface area contributed by atoms with E-state index in [-0.39, 0.29) is 11.9 Å². The summed E-state index contributed by atoms with van der Waals surface area (Å²) in [5.74, 6) is 0.154. The summed E-state index contributed by atoms with van der Waals surface area (Å²) in [7, 11) is 0. The second kappa shape index (κ2) is 7.57. The predicted octanol–water partition coefficient (Wildman–Crippen LogP) is 2.38. The van der Waals surface area contributed by atoms with Gasteiger partial charge in [0, 0.05) is 31.2 Å². The van der Waals surface area contributed by atoms with Crippen molar-refractivity contribution in [3.05, 3.63) is 48.0 Å². The number of nitrogens with zero attached hydrogens (tertiary/aromatic N) is 1. The number of carbonyl (C=O) groups excluding carboxylic acids is 1. The molecule has 0 bridgehead atoms. The minimum absolute atomic E-state index is 0.154. The number of carbonyl (C=O) groups is 1. The first-order valence-corrected chi connectivity index (χ1v) is 8.51. The van der Waals surface area contributed by atoms with Gasteiger partial charge in [0.1, 0.15) is 0 Å². The Morgan fingerprint density at radius 3 is 2.87 bits per heavy atom. The molecule has 0 aromatic heterocycles. The third-order valence-corrected chi connectivity index (χ3v) is 4.62. The van der Waals surface area contributed by atoms with Crippen LogP contribution in [0.15, 0.2) is 42.5 Å². The maximum Gasteiger partial charge on any atom is 0.254 e. The molecule has 2 aromatic rings. The Kier molecular flexibility index (Phi) is 5.26. The Labute approximate surface area is 137 Å². The van der Waals surface area contributed by atoms with Crippen molar-refractivity contribution in [2.75, 3.05) is 26.2 Å².